The zero-order chi connectivity index (χ0) is 21.3. The molecule has 2 aromatic carbocycles. The number of benzene rings is 2. The summed E-state index contributed by atoms with van der Waals surface area (Å²) in [6, 6.07) is 17.2. The molecule has 0 aliphatic carbocycles. The normalized spacial score (nSPS) is 11.6. The molecule has 4 rings (SSSR count). The Bertz CT molecular complexity index is 1160. The highest BCUT2D eigenvalue weighted by Crippen LogP contribution is 2.41. The summed E-state index contributed by atoms with van der Waals surface area (Å²) in [7, 11) is 0. The van der Waals surface area contributed by atoms with Gasteiger partial charge in [-0.3, -0.25) is 4.98 Å². The van der Waals surface area contributed by atoms with E-state index in [-0.39, 0.29) is 40.7 Å². The van der Waals surface area contributed by atoms with Crippen LogP contribution in [0.4, 0.5) is 17.1 Å². The van der Waals surface area contributed by atoms with E-state index in [9.17, 15) is 22.2 Å². The molecule has 0 amide bonds. The maximum Gasteiger partial charge on any atom is 0.435 e. The zero-order valence-electron chi connectivity index (χ0n) is 15.1. The van der Waals surface area contributed by atoms with Crippen LogP contribution in [0.5, 0.6) is 5.75 Å². The third kappa shape index (κ3) is 3.76. The number of hydrogen-bond acceptors (Lipinski definition) is 4. The highest BCUT2D eigenvalue weighted by molar-refractivity contribution is 7.92. The molecular weight excluding hydrogens is 418 g/mol. The maximum atomic E-state index is 13.8. The number of rotatable bonds is 4. The highest BCUT2D eigenvalue weighted by Gasteiger charge is 2.40. The van der Waals surface area contributed by atoms with Crippen molar-refractivity contribution in [2.24, 2.45) is 0 Å². The van der Waals surface area contributed by atoms with Gasteiger partial charge in [0.15, 0.2) is 23.9 Å². The predicted octanol–water partition coefficient (Wildman–Crippen LogP) is 6.38. The molecule has 0 saturated heterocycles. The van der Waals surface area contributed by atoms with Crippen molar-refractivity contribution in [1.29, 1.82) is 0 Å². The Morgan fingerprint density at radius 3 is 2.07 bits per heavy atom. The molecule has 0 atom stereocenters. The van der Waals surface area contributed by atoms with Crippen molar-refractivity contribution >= 4 is 12.3 Å². The van der Waals surface area contributed by atoms with Crippen LogP contribution in [0.2, 0.25) is 0 Å². The Morgan fingerprint density at radius 1 is 0.833 bits per heavy atom. The molecule has 0 spiro atoms. The van der Waals surface area contributed by atoms with Gasteiger partial charge in [-0.25, -0.2) is 8.96 Å². The first-order chi connectivity index (χ1) is 14.4. The molecule has 9 heteroatoms. The fraction of sp³-hybridized carbons (Fsp3) is 0.0476. The van der Waals surface area contributed by atoms with E-state index in [0.717, 1.165) is 3.97 Å². The van der Waals surface area contributed by atoms with Gasteiger partial charge in [-0.2, -0.15) is 13.2 Å². The van der Waals surface area contributed by atoms with Gasteiger partial charge in [-0.15, -0.1) is 3.89 Å². The van der Waals surface area contributed by atoms with Crippen molar-refractivity contribution in [3.05, 3.63) is 78.6 Å². The first-order valence-electron chi connectivity index (χ1n) is 8.69. The van der Waals surface area contributed by atoms with Crippen molar-refractivity contribution in [1.82, 2.24) is 13.9 Å². The molecule has 4 aromatic rings. The number of halogens is 4. The second-order valence-corrected chi connectivity index (χ2v) is 6.84. The summed E-state index contributed by atoms with van der Waals surface area (Å²) in [5.41, 5.74) is 0.148. The molecule has 2 aromatic heterocycles. The van der Waals surface area contributed by atoms with Crippen LogP contribution in [0.3, 0.4) is 0 Å². The van der Waals surface area contributed by atoms with Gasteiger partial charge in [0.25, 0.3) is 0 Å². The van der Waals surface area contributed by atoms with E-state index < -0.39 is 11.9 Å². The molecular formula is C21H13F4N3OS. The summed E-state index contributed by atoms with van der Waals surface area (Å²) < 4.78 is 55.6. The summed E-state index contributed by atoms with van der Waals surface area (Å²) in [4.78, 5) is 7.97. The number of imidazole rings is 1. The van der Waals surface area contributed by atoms with Gasteiger partial charge in [0.2, 0.25) is 0 Å². The van der Waals surface area contributed by atoms with Crippen molar-refractivity contribution in [2.45, 2.75) is 6.18 Å². The smallest absolute Gasteiger partial charge is 0.435 e. The average molecular weight is 431 g/mol. The Labute approximate surface area is 173 Å². The predicted molar refractivity (Wildman–Crippen MR) is 107 cm³/mol. The van der Waals surface area contributed by atoms with Crippen LogP contribution in [-0.4, -0.2) is 19.0 Å². The molecule has 1 N–H and O–H groups in total. The molecule has 152 valence electrons. The summed E-state index contributed by atoms with van der Waals surface area (Å²) in [5, 5.41) is 9.38. The van der Waals surface area contributed by atoms with Crippen LogP contribution in [0.25, 0.3) is 33.9 Å². The fourth-order valence-corrected chi connectivity index (χ4v) is 3.50. The fourth-order valence-electron chi connectivity index (χ4n) is 3.03. The number of nitrogens with zero attached hydrogens (tertiary/aromatic N) is 3. The van der Waals surface area contributed by atoms with Gasteiger partial charge >= 0.3 is 6.18 Å². The molecule has 0 bridgehead atoms. The van der Waals surface area contributed by atoms with Crippen LogP contribution in [0, 0.1) is 0 Å². The van der Waals surface area contributed by atoms with Crippen molar-refractivity contribution in [3.8, 4) is 39.7 Å². The molecule has 2 heterocycles. The molecule has 0 aliphatic heterocycles. The van der Waals surface area contributed by atoms with E-state index in [4.69, 9.17) is 0 Å². The molecule has 0 aliphatic rings. The second-order valence-electron chi connectivity index (χ2n) is 6.34. The molecule has 0 unspecified atom stereocenters. The lowest BCUT2D eigenvalue weighted by Gasteiger charge is -2.09. The van der Waals surface area contributed by atoms with Gasteiger partial charge in [0.05, 0.1) is 11.4 Å². The third-order valence-electron chi connectivity index (χ3n) is 4.41. The topological polar surface area (TPSA) is 50.9 Å². The number of alkyl halides is 3. The minimum atomic E-state index is -4.76. The second kappa shape index (κ2) is 7.83. The van der Waals surface area contributed by atoms with E-state index >= 15 is 0 Å². The van der Waals surface area contributed by atoms with Gasteiger partial charge in [-0.05, 0) is 36.4 Å². The molecule has 4 nitrogen and oxygen atoms in total. The minimum absolute atomic E-state index is 0.102. The maximum absolute atomic E-state index is 13.8. The average Bonchev–Trinajstić information content (AvgIpc) is 3.15. The molecule has 0 fully saturated rings. The number of pyridine rings is 1. The number of hydrogen-bond donors (Lipinski definition) is 1. The Hall–Kier alpha value is -3.33. The molecule has 30 heavy (non-hydrogen) atoms. The quantitative estimate of drug-likeness (QED) is 0.381. The minimum Gasteiger partial charge on any atom is -0.508 e. The number of aromatic nitrogens is 3. The highest BCUT2D eigenvalue weighted by atomic mass is 32.2. The Morgan fingerprint density at radius 2 is 1.50 bits per heavy atom. The SMILES string of the molecule is Oc1ccc(-c2ccc(-c3nc(C(F)(F)F)c(-c4ccccc4)n3SF)cn2)cc1. The van der Waals surface area contributed by atoms with Gasteiger partial charge in [-0.1, -0.05) is 30.3 Å². The van der Waals surface area contributed by atoms with Gasteiger partial charge in [0.1, 0.15) is 5.75 Å². The summed E-state index contributed by atoms with van der Waals surface area (Å²) in [6.07, 6.45) is -3.42. The monoisotopic (exact) mass is 431 g/mol. The van der Waals surface area contributed by atoms with E-state index in [1.165, 1.54) is 36.5 Å². The number of phenolic OH excluding ortho intramolecular Hbond substituents is 1. The van der Waals surface area contributed by atoms with Gasteiger partial charge in [0, 0.05) is 22.9 Å². The number of aromatic hydroxyl groups is 1. The zero-order valence-corrected chi connectivity index (χ0v) is 16.0. The standard InChI is InChI=1S/C21H13F4N3OS/c22-21(23,24)19-18(14-4-2-1-3-5-14)28(30-25)20(27-19)15-8-11-17(26-12-15)13-6-9-16(29)10-7-13/h1-12,29H. The van der Waals surface area contributed by atoms with Crippen LogP contribution >= 0.6 is 12.3 Å². The Balaban J connectivity index is 1.83. The van der Waals surface area contributed by atoms with Crippen LogP contribution in [0.1, 0.15) is 5.69 Å². The first-order valence-corrected chi connectivity index (χ1v) is 9.36. The summed E-state index contributed by atoms with van der Waals surface area (Å²) >= 11 is -0.351. The number of phenols is 1. The van der Waals surface area contributed by atoms with Crippen molar-refractivity contribution in [3.63, 3.8) is 0 Å². The molecule has 0 radical (unpaired) electrons. The first kappa shape index (κ1) is 20.0. The van der Waals surface area contributed by atoms with Crippen molar-refractivity contribution < 1.29 is 22.2 Å². The Kier molecular flexibility index (Phi) is 5.21. The van der Waals surface area contributed by atoms with E-state index in [1.54, 1.807) is 36.4 Å². The third-order valence-corrected chi connectivity index (χ3v) is 4.90. The summed E-state index contributed by atoms with van der Waals surface area (Å²) in [6.45, 7) is 0. The summed E-state index contributed by atoms with van der Waals surface area (Å²) in [5.74, 6) is -0.0936. The van der Waals surface area contributed by atoms with Gasteiger partial charge < -0.3 is 5.11 Å². The largest absolute Gasteiger partial charge is 0.508 e. The van der Waals surface area contributed by atoms with Crippen molar-refractivity contribution in [2.75, 3.05) is 0 Å². The lowest BCUT2D eigenvalue weighted by atomic mass is 10.1. The van der Waals surface area contributed by atoms with Crippen LogP contribution < -0.4 is 0 Å². The van der Waals surface area contributed by atoms with E-state index in [2.05, 4.69) is 9.97 Å². The van der Waals surface area contributed by atoms with Crippen LogP contribution in [0.15, 0.2) is 72.9 Å². The van der Waals surface area contributed by atoms with E-state index in [0.29, 0.717) is 11.3 Å². The van der Waals surface area contributed by atoms with Crippen LogP contribution in [-0.2, 0) is 6.18 Å². The van der Waals surface area contributed by atoms with E-state index in [1.807, 2.05) is 0 Å². The lowest BCUT2D eigenvalue weighted by Crippen LogP contribution is -2.08. The lowest BCUT2D eigenvalue weighted by molar-refractivity contribution is -0.140. The molecule has 0 saturated carbocycles.